The minimum Gasteiger partial charge on any atom is -0.334 e. The third-order valence-electron chi connectivity index (χ3n) is 4.49. The fourth-order valence-corrected chi connectivity index (χ4v) is 5.97. The molecule has 3 nitrogen and oxygen atoms in total. The van der Waals surface area contributed by atoms with Gasteiger partial charge >= 0.3 is 0 Å². The number of carbonyl (C=O) groups excluding carboxylic acids is 1. The van der Waals surface area contributed by atoms with E-state index in [1.807, 2.05) is 36.4 Å². The van der Waals surface area contributed by atoms with Gasteiger partial charge in [-0.15, -0.1) is 0 Å². The topological polar surface area (TPSA) is 23.6 Å². The molecule has 2 aromatic rings. The molecule has 1 amide bonds. The molecule has 7 heteroatoms. The number of halogens is 1. The van der Waals surface area contributed by atoms with E-state index in [2.05, 4.69) is 24.0 Å². The zero-order valence-electron chi connectivity index (χ0n) is 14.6. The summed E-state index contributed by atoms with van der Waals surface area (Å²) in [6.07, 6.45) is 0.788. The second-order valence-electron chi connectivity index (χ2n) is 6.15. The molecule has 0 atom stereocenters. The van der Waals surface area contributed by atoms with E-state index in [1.165, 1.54) is 17.3 Å². The number of fused-ring (bicyclic) bond motifs is 1. The smallest absolute Gasteiger partial charge is 0.268 e. The average Bonchev–Trinajstić information content (AvgIpc) is 3.17. The largest absolute Gasteiger partial charge is 0.334 e. The number of hydrogen-bond acceptors (Lipinski definition) is 5. The fraction of sp³-hybridized carbons (Fsp3) is 0.200. The van der Waals surface area contributed by atoms with Crippen molar-refractivity contribution >= 4 is 63.3 Å². The quantitative estimate of drug-likeness (QED) is 0.466. The summed E-state index contributed by atoms with van der Waals surface area (Å²) < 4.78 is 0.629. The molecule has 2 heterocycles. The maximum atomic E-state index is 13.1. The number of thioether (sulfide) groups is 2. The lowest BCUT2D eigenvalue weighted by molar-refractivity contribution is -0.122. The van der Waals surface area contributed by atoms with E-state index in [0.29, 0.717) is 20.8 Å². The van der Waals surface area contributed by atoms with E-state index in [0.717, 1.165) is 28.6 Å². The summed E-state index contributed by atoms with van der Waals surface area (Å²) in [6.45, 7) is 3.44. The first-order valence-electron chi connectivity index (χ1n) is 8.65. The van der Waals surface area contributed by atoms with Gasteiger partial charge in [-0.3, -0.25) is 9.69 Å². The number of thiocarbonyl (C=S) groups is 1. The van der Waals surface area contributed by atoms with Crippen LogP contribution in [0, 0.1) is 0 Å². The highest BCUT2D eigenvalue weighted by Crippen LogP contribution is 2.51. The summed E-state index contributed by atoms with van der Waals surface area (Å²) in [4.78, 5) is 18.8. The van der Waals surface area contributed by atoms with Crippen molar-refractivity contribution in [3.63, 3.8) is 0 Å². The van der Waals surface area contributed by atoms with Gasteiger partial charge in [-0.05, 0) is 37.1 Å². The molecule has 0 N–H and O–H groups in total. The second-order valence-corrected chi connectivity index (χ2v) is 9.26. The predicted octanol–water partition coefficient (Wildman–Crippen LogP) is 5.54. The van der Waals surface area contributed by atoms with E-state index in [4.69, 9.17) is 23.8 Å². The van der Waals surface area contributed by atoms with Crippen molar-refractivity contribution in [1.29, 1.82) is 0 Å². The third-order valence-corrected chi connectivity index (χ3v) is 7.47. The van der Waals surface area contributed by atoms with Gasteiger partial charge < -0.3 is 4.90 Å². The van der Waals surface area contributed by atoms with Crippen molar-refractivity contribution in [2.45, 2.75) is 18.2 Å². The Hall–Kier alpha value is -1.47. The highest BCUT2D eigenvalue weighted by Gasteiger charge is 2.38. The van der Waals surface area contributed by atoms with E-state index in [9.17, 15) is 4.79 Å². The average molecular weight is 433 g/mol. The Morgan fingerprint density at radius 2 is 1.85 bits per heavy atom. The Labute approximate surface area is 177 Å². The SMILES string of the molecule is CCN1/C(=C2/SC(=S)N(CCc3ccccc3)C2=O)Sc2ccc(Cl)cc21. The van der Waals surface area contributed by atoms with Crippen LogP contribution in [0.4, 0.5) is 5.69 Å². The van der Waals surface area contributed by atoms with Crippen molar-refractivity contribution in [2.75, 3.05) is 18.0 Å². The molecule has 27 heavy (non-hydrogen) atoms. The standard InChI is InChI=1S/C20H17ClN2OS3/c1-2-22-15-12-14(21)8-9-16(15)26-19(22)17-18(24)23(20(25)27-17)11-10-13-6-4-3-5-7-13/h3-9,12H,2,10-11H2,1H3/b19-17-. The van der Waals surface area contributed by atoms with E-state index >= 15 is 0 Å². The third kappa shape index (κ3) is 3.63. The Morgan fingerprint density at radius 1 is 1.07 bits per heavy atom. The van der Waals surface area contributed by atoms with Gasteiger partial charge in [0.25, 0.3) is 5.91 Å². The first kappa shape index (κ1) is 18.9. The number of nitrogens with zero attached hydrogens (tertiary/aromatic N) is 2. The van der Waals surface area contributed by atoms with Gasteiger partial charge in [-0.25, -0.2) is 0 Å². The molecule has 0 spiro atoms. The summed E-state index contributed by atoms with van der Waals surface area (Å²) in [5.41, 5.74) is 2.26. The summed E-state index contributed by atoms with van der Waals surface area (Å²) in [5.74, 6) is 0.000726. The Morgan fingerprint density at radius 3 is 2.59 bits per heavy atom. The molecule has 2 aromatic carbocycles. The number of carbonyl (C=O) groups is 1. The first-order valence-corrected chi connectivity index (χ1v) is 11.1. The molecule has 0 aromatic heterocycles. The van der Waals surface area contributed by atoms with Gasteiger partial charge in [-0.1, -0.05) is 77.7 Å². The van der Waals surface area contributed by atoms with Gasteiger partial charge in [0.2, 0.25) is 0 Å². The summed E-state index contributed by atoms with van der Waals surface area (Å²) >= 11 is 14.7. The Kier molecular flexibility index (Phi) is 5.50. The summed E-state index contributed by atoms with van der Waals surface area (Å²) in [7, 11) is 0. The normalized spacial score (nSPS) is 19.2. The van der Waals surface area contributed by atoms with Gasteiger partial charge in [0.05, 0.1) is 5.69 Å². The highest BCUT2D eigenvalue weighted by molar-refractivity contribution is 8.27. The van der Waals surface area contributed by atoms with E-state index in [1.54, 1.807) is 16.7 Å². The number of rotatable bonds is 4. The number of benzene rings is 2. The van der Waals surface area contributed by atoms with E-state index in [-0.39, 0.29) is 5.91 Å². The van der Waals surface area contributed by atoms with Crippen LogP contribution in [0.15, 0.2) is 63.4 Å². The number of hydrogen-bond donors (Lipinski definition) is 0. The minimum atomic E-state index is 0.000726. The van der Waals surface area contributed by atoms with Crippen LogP contribution in [-0.4, -0.2) is 28.2 Å². The zero-order valence-corrected chi connectivity index (χ0v) is 17.9. The molecule has 0 bridgehead atoms. The van der Waals surface area contributed by atoms with Crippen molar-refractivity contribution in [2.24, 2.45) is 0 Å². The molecular weight excluding hydrogens is 416 g/mol. The lowest BCUT2D eigenvalue weighted by Gasteiger charge is -2.19. The monoisotopic (exact) mass is 432 g/mol. The van der Waals surface area contributed by atoms with Gasteiger partial charge in [0.1, 0.15) is 14.3 Å². The maximum Gasteiger partial charge on any atom is 0.268 e. The highest BCUT2D eigenvalue weighted by atomic mass is 35.5. The van der Waals surface area contributed by atoms with Crippen LogP contribution in [0.3, 0.4) is 0 Å². The van der Waals surface area contributed by atoms with E-state index < -0.39 is 0 Å². The molecule has 2 aliphatic heterocycles. The molecule has 138 valence electrons. The van der Waals surface area contributed by atoms with Crippen LogP contribution in [0.25, 0.3) is 0 Å². The van der Waals surface area contributed by atoms with Crippen LogP contribution in [0.1, 0.15) is 12.5 Å². The molecule has 2 aliphatic rings. The predicted molar refractivity (Wildman–Crippen MR) is 119 cm³/mol. The lowest BCUT2D eigenvalue weighted by atomic mass is 10.1. The molecule has 1 fully saturated rings. The molecule has 0 aliphatic carbocycles. The molecule has 0 unspecified atom stereocenters. The molecule has 0 saturated carbocycles. The fourth-order valence-electron chi connectivity index (χ4n) is 3.14. The van der Waals surface area contributed by atoms with Crippen molar-refractivity contribution in [1.82, 2.24) is 4.90 Å². The van der Waals surface area contributed by atoms with Gasteiger partial charge in [0, 0.05) is 23.0 Å². The maximum absolute atomic E-state index is 13.1. The molecule has 0 radical (unpaired) electrons. The van der Waals surface area contributed by atoms with Gasteiger partial charge in [0.15, 0.2) is 0 Å². The van der Waals surface area contributed by atoms with Crippen molar-refractivity contribution < 1.29 is 4.79 Å². The Bertz CT molecular complexity index is 945. The van der Waals surface area contributed by atoms with Crippen LogP contribution in [0.5, 0.6) is 0 Å². The van der Waals surface area contributed by atoms with Crippen LogP contribution in [-0.2, 0) is 11.2 Å². The number of anilines is 1. The molecule has 1 saturated heterocycles. The number of amides is 1. The zero-order chi connectivity index (χ0) is 19.0. The molecular formula is C20H17ClN2OS3. The minimum absolute atomic E-state index is 0.000726. The van der Waals surface area contributed by atoms with Crippen LogP contribution >= 0.6 is 47.3 Å². The first-order chi connectivity index (χ1) is 13.1. The lowest BCUT2D eigenvalue weighted by Crippen LogP contribution is -2.31. The van der Waals surface area contributed by atoms with Crippen LogP contribution < -0.4 is 4.90 Å². The van der Waals surface area contributed by atoms with Gasteiger partial charge in [-0.2, -0.15) is 0 Å². The van der Waals surface area contributed by atoms with Crippen molar-refractivity contribution in [3.8, 4) is 0 Å². The summed E-state index contributed by atoms with van der Waals surface area (Å²) in [5, 5.41) is 1.65. The summed E-state index contributed by atoms with van der Waals surface area (Å²) in [6, 6.07) is 16.0. The molecule has 4 rings (SSSR count). The van der Waals surface area contributed by atoms with Crippen molar-refractivity contribution in [3.05, 3.63) is 69.1 Å². The Balaban J connectivity index is 1.59. The van der Waals surface area contributed by atoms with Crippen LogP contribution in [0.2, 0.25) is 5.02 Å². The second kappa shape index (κ2) is 7.87.